The lowest BCUT2D eigenvalue weighted by molar-refractivity contribution is -0.137. The maximum absolute atomic E-state index is 12.5. The molecular formula is C16H24F3NO. The highest BCUT2D eigenvalue weighted by Gasteiger charge is 2.30. The van der Waals surface area contributed by atoms with Gasteiger partial charge in [0.25, 0.3) is 0 Å². The molecule has 0 aliphatic carbocycles. The Bertz CT molecular complexity index is 405. The van der Waals surface area contributed by atoms with Gasteiger partial charge in [-0.3, -0.25) is 0 Å². The van der Waals surface area contributed by atoms with Crippen LogP contribution in [0.4, 0.5) is 13.2 Å². The third kappa shape index (κ3) is 7.95. The summed E-state index contributed by atoms with van der Waals surface area (Å²) >= 11 is 0. The van der Waals surface area contributed by atoms with Crippen molar-refractivity contribution in [1.82, 2.24) is 5.32 Å². The van der Waals surface area contributed by atoms with Crippen LogP contribution < -0.4 is 10.1 Å². The topological polar surface area (TPSA) is 21.3 Å². The van der Waals surface area contributed by atoms with E-state index in [1.54, 1.807) is 6.07 Å². The first-order valence-corrected chi connectivity index (χ1v) is 7.40. The Hall–Kier alpha value is -1.23. The van der Waals surface area contributed by atoms with Crippen LogP contribution in [0.3, 0.4) is 0 Å². The molecule has 0 bridgehead atoms. The highest BCUT2D eigenvalue weighted by atomic mass is 19.4. The van der Waals surface area contributed by atoms with Crippen LogP contribution in [0.2, 0.25) is 0 Å². The van der Waals surface area contributed by atoms with Gasteiger partial charge in [-0.15, -0.1) is 0 Å². The molecule has 2 nitrogen and oxygen atoms in total. The van der Waals surface area contributed by atoms with E-state index < -0.39 is 11.7 Å². The summed E-state index contributed by atoms with van der Waals surface area (Å²) in [5.41, 5.74) is -0.669. The molecule has 0 saturated carbocycles. The van der Waals surface area contributed by atoms with Gasteiger partial charge in [0.1, 0.15) is 5.75 Å². The van der Waals surface area contributed by atoms with E-state index in [-0.39, 0.29) is 5.75 Å². The lowest BCUT2D eigenvalue weighted by Gasteiger charge is -2.10. The third-order valence-corrected chi connectivity index (χ3v) is 2.98. The van der Waals surface area contributed by atoms with Gasteiger partial charge in [0, 0.05) is 0 Å². The number of benzene rings is 1. The zero-order valence-corrected chi connectivity index (χ0v) is 12.7. The molecule has 0 aliphatic rings. The SMILES string of the molecule is CC(C)CNCCCCCOc1cccc(C(F)(F)F)c1. The first-order chi connectivity index (χ1) is 9.89. The van der Waals surface area contributed by atoms with Gasteiger partial charge < -0.3 is 10.1 Å². The van der Waals surface area contributed by atoms with Crippen LogP contribution >= 0.6 is 0 Å². The smallest absolute Gasteiger partial charge is 0.416 e. The molecule has 1 aromatic rings. The van der Waals surface area contributed by atoms with Gasteiger partial charge in [0.15, 0.2) is 0 Å². The Morgan fingerprint density at radius 1 is 1.14 bits per heavy atom. The fraction of sp³-hybridized carbons (Fsp3) is 0.625. The molecule has 0 unspecified atom stereocenters. The Balaban J connectivity index is 2.16. The standard InChI is InChI=1S/C16H24F3NO/c1-13(2)12-20-9-4-3-5-10-21-15-8-6-7-14(11-15)16(17,18)19/h6-8,11,13,20H,3-5,9-10,12H2,1-2H3. The normalized spacial score (nSPS) is 11.9. The zero-order valence-electron chi connectivity index (χ0n) is 12.7. The minimum Gasteiger partial charge on any atom is -0.494 e. The number of ether oxygens (including phenoxy) is 1. The van der Waals surface area contributed by atoms with Gasteiger partial charge in [-0.25, -0.2) is 0 Å². The number of nitrogens with one attached hydrogen (secondary N) is 1. The van der Waals surface area contributed by atoms with Crippen molar-refractivity contribution < 1.29 is 17.9 Å². The van der Waals surface area contributed by atoms with E-state index in [1.165, 1.54) is 6.07 Å². The molecule has 0 aromatic heterocycles. The van der Waals surface area contributed by atoms with Gasteiger partial charge >= 0.3 is 6.18 Å². The lowest BCUT2D eigenvalue weighted by Crippen LogP contribution is -2.20. The van der Waals surface area contributed by atoms with E-state index in [4.69, 9.17) is 4.74 Å². The number of alkyl halides is 3. The van der Waals surface area contributed by atoms with Crippen molar-refractivity contribution >= 4 is 0 Å². The van der Waals surface area contributed by atoms with Gasteiger partial charge in [-0.2, -0.15) is 13.2 Å². The van der Waals surface area contributed by atoms with E-state index in [1.807, 2.05) is 0 Å². The Morgan fingerprint density at radius 2 is 1.90 bits per heavy atom. The van der Waals surface area contributed by atoms with Crippen LogP contribution in [0, 0.1) is 5.92 Å². The summed E-state index contributed by atoms with van der Waals surface area (Å²) in [6.45, 7) is 6.76. The van der Waals surface area contributed by atoms with Crippen LogP contribution in [0.15, 0.2) is 24.3 Å². The van der Waals surface area contributed by atoms with Crippen molar-refractivity contribution in [3.05, 3.63) is 29.8 Å². The van der Waals surface area contributed by atoms with Crippen LogP contribution in [0.1, 0.15) is 38.7 Å². The third-order valence-electron chi connectivity index (χ3n) is 2.98. The molecule has 0 aliphatic heterocycles. The maximum atomic E-state index is 12.5. The molecule has 0 fully saturated rings. The van der Waals surface area contributed by atoms with Crippen molar-refractivity contribution in [2.75, 3.05) is 19.7 Å². The van der Waals surface area contributed by atoms with E-state index >= 15 is 0 Å². The van der Waals surface area contributed by atoms with Gasteiger partial charge in [0.2, 0.25) is 0 Å². The molecule has 120 valence electrons. The molecule has 0 spiro atoms. The monoisotopic (exact) mass is 303 g/mol. The number of unbranched alkanes of at least 4 members (excludes halogenated alkanes) is 2. The molecular weight excluding hydrogens is 279 g/mol. The van der Waals surface area contributed by atoms with E-state index in [2.05, 4.69) is 19.2 Å². The molecule has 0 atom stereocenters. The summed E-state index contributed by atoms with van der Waals surface area (Å²) in [6.07, 6.45) is -1.41. The highest BCUT2D eigenvalue weighted by molar-refractivity contribution is 5.30. The van der Waals surface area contributed by atoms with Crippen molar-refractivity contribution in [2.45, 2.75) is 39.3 Å². The molecule has 0 heterocycles. The van der Waals surface area contributed by atoms with Crippen LogP contribution in [-0.4, -0.2) is 19.7 Å². The fourth-order valence-electron chi connectivity index (χ4n) is 1.87. The second-order valence-corrected chi connectivity index (χ2v) is 5.53. The fourth-order valence-corrected chi connectivity index (χ4v) is 1.87. The summed E-state index contributed by atoms with van der Waals surface area (Å²) in [5.74, 6) is 0.928. The van der Waals surface area contributed by atoms with Crippen LogP contribution in [0.25, 0.3) is 0 Å². The summed E-state index contributed by atoms with van der Waals surface area (Å²) in [5, 5.41) is 3.35. The number of hydrogen-bond acceptors (Lipinski definition) is 2. The van der Waals surface area contributed by atoms with Crippen molar-refractivity contribution in [3.63, 3.8) is 0 Å². The van der Waals surface area contributed by atoms with Crippen LogP contribution in [0.5, 0.6) is 5.75 Å². The molecule has 0 amide bonds. The zero-order chi connectivity index (χ0) is 15.7. The van der Waals surface area contributed by atoms with E-state index in [9.17, 15) is 13.2 Å². The van der Waals surface area contributed by atoms with E-state index in [0.29, 0.717) is 12.5 Å². The summed E-state index contributed by atoms with van der Waals surface area (Å²) in [7, 11) is 0. The van der Waals surface area contributed by atoms with Gasteiger partial charge in [0.05, 0.1) is 12.2 Å². The second kappa shape index (κ2) is 8.93. The molecule has 1 rings (SSSR count). The summed E-state index contributed by atoms with van der Waals surface area (Å²) in [6, 6.07) is 5.02. The minimum absolute atomic E-state index is 0.280. The van der Waals surface area contributed by atoms with Crippen molar-refractivity contribution in [3.8, 4) is 5.75 Å². The maximum Gasteiger partial charge on any atom is 0.416 e. The Labute approximate surface area is 124 Å². The lowest BCUT2D eigenvalue weighted by atomic mass is 10.2. The Kier molecular flexibility index (Phi) is 7.57. The Morgan fingerprint density at radius 3 is 2.57 bits per heavy atom. The summed E-state index contributed by atoms with van der Waals surface area (Å²) < 4.78 is 42.9. The average molecular weight is 303 g/mol. The molecule has 1 aromatic carbocycles. The molecule has 0 radical (unpaired) electrons. The quantitative estimate of drug-likeness (QED) is 0.678. The molecule has 1 N–H and O–H groups in total. The van der Waals surface area contributed by atoms with Gasteiger partial charge in [-0.1, -0.05) is 19.9 Å². The predicted molar refractivity (Wildman–Crippen MR) is 78.5 cm³/mol. The van der Waals surface area contributed by atoms with Gasteiger partial charge in [-0.05, 0) is 56.5 Å². The molecule has 0 saturated heterocycles. The minimum atomic E-state index is -4.32. The summed E-state index contributed by atoms with van der Waals surface area (Å²) in [4.78, 5) is 0. The highest BCUT2D eigenvalue weighted by Crippen LogP contribution is 2.31. The largest absolute Gasteiger partial charge is 0.494 e. The van der Waals surface area contributed by atoms with Crippen molar-refractivity contribution in [1.29, 1.82) is 0 Å². The number of rotatable bonds is 9. The first kappa shape index (κ1) is 17.8. The second-order valence-electron chi connectivity index (χ2n) is 5.53. The molecule has 21 heavy (non-hydrogen) atoms. The average Bonchev–Trinajstić information content (AvgIpc) is 2.41. The van der Waals surface area contributed by atoms with Crippen LogP contribution in [-0.2, 0) is 6.18 Å². The molecule has 5 heteroatoms. The first-order valence-electron chi connectivity index (χ1n) is 7.40. The van der Waals surface area contributed by atoms with E-state index in [0.717, 1.165) is 44.5 Å². The van der Waals surface area contributed by atoms with Crippen molar-refractivity contribution in [2.24, 2.45) is 5.92 Å². The predicted octanol–water partition coefficient (Wildman–Crippen LogP) is 4.50. The number of halogens is 3. The number of hydrogen-bond donors (Lipinski definition) is 1.